The minimum absolute atomic E-state index is 0.0445. The van der Waals surface area contributed by atoms with Gasteiger partial charge in [0.05, 0.1) is 10.0 Å². The summed E-state index contributed by atoms with van der Waals surface area (Å²) in [5, 5.41) is 10.2. The summed E-state index contributed by atoms with van der Waals surface area (Å²) in [4.78, 5) is 13.8. The van der Waals surface area contributed by atoms with Crippen LogP contribution in [-0.2, 0) is 6.61 Å². The van der Waals surface area contributed by atoms with Gasteiger partial charge in [-0.2, -0.15) is 0 Å². The molecular formula is C16H10BrCl2NO3. The summed E-state index contributed by atoms with van der Waals surface area (Å²) in [6.07, 6.45) is 0. The van der Waals surface area contributed by atoms with E-state index in [9.17, 15) is 4.79 Å². The van der Waals surface area contributed by atoms with Crippen LogP contribution in [0.3, 0.4) is 0 Å². The highest BCUT2D eigenvalue weighted by molar-refractivity contribution is 9.10. The third kappa shape index (κ3) is 3.32. The minimum Gasteiger partial charge on any atom is -0.486 e. The highest BCUT2D eigenvalue weighted by atomic mass is 79.9. The van der Waals surface area contributed by atoms with Crippen molar-refractivity contribution in [1.29, 1.82) is 0 Å². The molecule has 23 heavy (non-hydrogen) atoms. The minimum atomic E-state index is -1.06. The Kier molecular flexibility index (Phi) is 4.53. The van der Waals surface area contributed by atoms with Crippen LogP contribution in [0.15, 0.2) is 40.9 Å². The number of carbonyl (C=O) groups is 1. The number of benzene rings is 2. The molecule has 0 spiro atoms. The van der Waals surface area contributed by atoms with Gasteiger partial charge >= 0.3 is 5.97 Å². The van der Waals surface area contributed by atoms with Crippen LogP contribution >= 0.6 is 39.1 Å². The van der Waals surface area contributed by atoms with E-state index >= 15 is 0 Å². The van der Waals surface area contributed by atoms with E-state index in [0.29, 0.717) is 28.3 Å². The van der Waals surface area contributed by atoms with Gasteiger partial charge in [-0.15, -0.1) is 0 Å². The number of carboxylic acid groups (broad SMARTS) is 1. The Balaban J connectivity index is 1.93. The largest absolute Gasteiger partial charge is 0.486 e. The van der Waals surface area contributed by atoms with Crippen LogP contribution in [0.4, 0.5) is 0 Å². The Morgan fingerprint density at radius 2 is 1.91 bits per heavy atom. The van der Waals surface area contributed by atoms with E-state index < -0.39 is 5.97 Å². The molecule has 0 fully saturated rings. The monoisotopic (exact) mass is 413 g/mol. The summed E-state index contributed by atoms with van der Waals surface area (Å²) < 4.78 is 6.71. The molecule has 3 rings (SSSR count). The average Bonchev–Trinajstić information content (AvgIpc) is 2.93. The fourth-order valence-corrected chi connectivity index (χ4v) is 3.05. The number of halogens is 3. The molecule has 0 atom stereocenters. The second-order valence-corrected chi connectivity index (χ2v) is 6.57. The SMILES string of the molecule is O=C(O)c1cc2c(Cl)c(OCc3ccc(Br)cc3)c(Cl)cc2[nH]1. The summed E-state index contributed by atoms with van der Waals surface area (Å²) in [5.74, 6) is -0.731. The zero-order valence-corrected chi connectivity index (χ0v) is 14.7. The lowest BCUT2D eigenvalue weighted by Gasteiger charge is -2.11. The predicted molar refractivity (Wildman–Crippen MR) is 93.8 cm³/mol. The third-order valence-electron chi connectivity index (χ3n) is 3.30. The van der Waals surface area contributed by atoms with E-state index in [0.717, 1.165) is 10.0 Å². The molecule has 118 valence electrons. The van der Waals surface area contributed by atoms with Crippen molar-refractivity contribution in [3.63, 3.8) is 0 Å². The number of aromatic nitrogens is 1. The average molecular weight is 415 g/mol. The molecule has 0 aliphatic rings. The second-order valence-electron chi connectivity index (χ2n) is 4.87. The molecule has 0 bridgehead atoms. The number of carboxylic acids is 1. The summed E-state index contributed by atoms with van der Waals surface area (Å²) in [6, 6.07) is 10.7. The lowest BCUT2D eigenvalue weighted by atomic mass is 10.2. The predicted octanol–water partition coefficient (Wildman–Crippen LogP) is 5.51. The first-order chi connectivity index (χ1) is 11.0. The number of rotatable bonds is 4. The van der Waals surface area contributed by atoms with E-state index in [1.165, 1.54) is 6.07 Å². The summed E-state index contributed by atoms with van der Waals surface area (Å²) in [5.41, 5.74) is 1.55. The first kappa shape index (κ1) is 16.2. The van der Waals surface area contributed by atoms with E-state index in [1.54, 1.807) is 6.07 Å². The zero-order chi connectivity index (χ0) is 16.6. The Labute approximate surface area is 150 Å². The summed E-state index contributed by atoms with van der Waals surface area (Å²) in [6.45, 7) is 0.300. The molecule has 2 aromatic carbocycles. The number of nitrogens with one attached hydrogen (secondary N) is 1. The van der Waals surface area contributed by atoms with Crippen molar-refractivity contribution in [1.82, 2.24) is 4.98 Å². The van der Waals surface area contributed by atoms with E-state index in [1.807, 2.05) is 24.3 Å². The second kappa shape index (κ2) is 6.43. The van der Waals surface area contributed by atoms with Gasteiger partial charge in [-0.1, -0.05) is 51.3 Å². The molecule has 0 saturated heterocycles. The van der Waals surface area contributed by atoms with Crippen LogP contribution < -0.4 is 4.74 Å². The molecule has 7 heteroatoms. The highest BCUT2D eigenvalue weighted by Crippen LogP contribution is 2.40. The molecule has 3 aromatic rings. The maximum absolute atomic E-state index is 11.0. The molecule has 0 aliphatic carbocycles. The quantitative estimate of drug-likeness (QED) is 0.591. The molecular weight excluding hydrogens is 405 g/mol. The van der Waals surface area contributed by atoms with Gasteiger partial charge < -0.3 is 14.8 Å². The van der Waals surface area contributed by atoms with Gasteiger partial charge in [-0.25, -0.2) is 4.79 Å². The molecule has 1 heterocycles. The Morgan fingerprint density at radius 1 is 1.22 bits per heavy atom. The van der Waals surface area contributed by atoms with Crippen molar-refractivity contribution in [2.45, 2.75) is 6.61 Å². The molecule has 0 saturated carbocycles. The molecule has 2 N–H and O–H groups in total. The number of ether oxygens (including phenoxy) is 1. The first-order valence-electron chi connectivity index (χ1n) is 6.57. The van der Waals surface area contributed by atoms with Crippen molar-refractivity contribution in [2.75, 3.05) is 0 Å². The Bertz CT molecular complexity index is 890. The lowest BCUT2D eigenvalue weighted by Crippen LogP contribution is -1.96. The Morgan fingerprint density at radius 3 is 2.57 bits per heavy atom. The maximum Gasteiger partial charge on any atom is 0.352 e. The molecule has 0 radical (unpaired) electrons. The fourth-order valence-electron chi connectivity index (χ4n) is 2.17. The van der Waals surface area contributed by atoms with E-state index in [-0.39, 0.29) is 10.7 Å². The number of aromatic amines is 1. The van der Waals surface area contributed by atoms with E-state index in [4.69, 9.17) is 33.0 Å². The normalized spacial score (nSPS) is 10.9. The van der Waals surface area contributed by atoms with Gasteiger partial charge in [0, 0.05) is 15.4 Å². The van der Waals surface area contributed by atoms with Crippen LogP contribution in [-0.4, -0.2) is 16.1 Å². The maximum atomic E-state index is 11.0. The van der Waals surface area contributed by atoms with Crippen LogP contribution in [0.2, 0.25) is 10.0 Å². The number of fused-ring (bicyclic) bond motifs is 1. The van der Waals surface area contributed by atoms with Crippen LogP contribution in [0.5, 0.6) is 5.75 Å². The topological polar surface area (TPSA) is 62.3 Å². The summed E-state index contributed by atoms with van der Waals surface area (Å²) in [7, 11) is 0. The van der Waals surface area contributed by atoms with Crippen molar-refractivity contribution >= 4 is 56.0 Å². The molecule has 0 unspecified atom stereocenters. The van der Waals surface area contributed by atoms with Gasteiger partial charge in [0.1, 0.15) is 12.3 Å². The van der Waals surface area contributed by atoms with Crippen molar-refractivity contribution < 1.29 is 14.6 Å². The molecule has 1 aromatic heterocycles. The number of hydrogen-bond acceptors (Lipinski definition) is 2. The van der Waals surface area contributed by atoms with Crippen LogP contribution in [0.25, 0.3) is 10.9 Å². The van der Waals surface area contributed by atoms with Gasteiger partial charge in [-0.3, -0.25) is 0 Å². The summed E-state index contributed by atoms with van der Waals surface area (Å²) >= 11 is 15.9. The molecule has 0 amide bonds. The van der Waals surface area contributed by atoms with Crippen molar-refractivity contribution in [3.05, 3.63) is 62.2 Å². The highest BCUT2D eigenvalue weighted by Gasteiger charge is 2.16. The first-order valence-corrected chi connectivity index (χ1v) is 8.12. The third-order valence-corrected chi connectivity index (χ3v) is 4.48. The van der Waals surface area contributed by atoms with Gasteiger partial charge in [0.15, 0.2) is 5.75 Å². The van der Waals surface area contributed by atoms with Gasteiger partial charge in [0.25, 0.3) is 0 Å². The number of H-pyrrole nitrogens is 1. The lowest BCUT2D eigenvalue weighted by molar-refractivity contribution is 0.0691. The standard InChI is InChI=1S/C16H10BrCl2NO3/c17-9-3-1-8(2-4-9)7-23-15-11(18)6-12-10(14(15)19)5-13(20-12)16(21)22/h1-6,20H,7H2,(H,21,22). The zero-order valence-electron chi connectivity index (χ0n) is 11.6. The fraction of sp³-hybridized carbons (Fsp3) is 0.0625. The smallest absolute Gasteiger partial charge is 0.352 e. The molecule has 0 aliphatic heterocycles. The van der Waals surface area contributed by atoms with E-state index in [2.05, 4.69) is 20.9 Å². The van der Waals surface area contributed by atoms with Crippen LogP contribution in [0, 0.1) is 0 Å². The van der Waals surface area contributed by atoms with Gasteiger partial charge in [-0.05, 0) is 29.8 Å². The number of aromatic carboxylic acids is 1. The Hall–Kier alpha value is -1.69. The van der Waals surface area contributed by atoms with Crippen LogP contribution in [0.1, 0.15) is 16.1 Å². The van der Waals surface area contributed by atoms with Crippen molar-refractivity contribution in [3.8, 4) is 5.75 Å². The number of hydrogen-bond donors (Lipinski definition) is 2. The molecule has 4 nitrogen and oxygen atoms in total. The van der Waals surface area contributed by atoms with Gasteiger partial charge in [0.2, 0.25) is 0 Å². The van der Waals surface area contributed by atoms with Crippen molar-refractivity contribution in [2.24, 2.45) is 0 Å².